The molecule has 0 bridgehead atoms. The fourth-order valence-electron chi connectivity index (χ4n) is 1.60. The summed E-state index contributed by atoms with van der Waals surface area (Å²) in [6, 6.07) is 0. The lowest BCUT2D eigenvalue weighted by Crippen LogP contribution is -2.37. The molecule has 0 aromatic carbocycles. The number of nitrogens with zero attached hydrogens (tertiary/aromatic N) is 1. The fourth-order valence-corrected chi connectivity index (χ4v) is 1.60. The third-order valence-corrected chi connectivity index (χ3v) is 2.53. The number of likely N-dealkylation sites (tertiary alicyclic amines) is 1. The Balaban J connectivity index is 2.58. The summed E-state index contributed by atoms with van der Waals surface area (Å²) < 4.78 is 0. The fraction of sp³-hybridized carbons (Fsp3) is 0.778. The molecule has 0 saturated carbocycles. The predicted octanol–water partition coefficient (Wildman–Crippen LogP) is -0.165. The molecule has 1 unspecified atom stereocenters. The Morgan fingerprint density at radius 3 is 2.50 bits per heavy atom. The van der Waals surface area contributed by atoms with Gasteiger partial charge in [0, 0.05) is 13.1 Å². The predicted molar refractivity (Wildman–Crippen MR) is 48.7 cm³/mol. The number of hydrogen-bond acceptors (Lipinski definition) is 3. The van der Waals surface area contributed by atoms with Crippen molar-refractivity contribution in [1.29, 1.82) is 0 Å². The average molecular weight is 201 g/mol. The van der Waals surface area contributed by atoms with E-state index in [1.807, 2.05) is 0 Å². The van der Waals surface area contributed by atoms with Crippen molar-refractivity contribution in [3.05, 3.63) is 0 Å². The molecule has 80 valence electrons. The summed E-state index contributed by atoms with van der Waals surface area (Å²) in [5.74, 6) is -2.30. The van der Waals surface area contributed by atoms with Gasteiger partial charge in [-0.2, -0.15) is 0 Å². The molecule has 1 saturated heterocycles. The SMILES string of the molecule is CC1(O)CCCN(C(=O)C(=O)O)CC1. The molecule has 1 rings (SSSR count). The molecule has 1 atom stereocenters. The first-order chi connectivity index (χ1) is 6.42. The van der Waals surface area contributed by atoms with Gasteiger partial charge in [-0.3, -0.25) is 4.79 Å². The van der Waals surface area contributed by atoms with Crippen LogP contribution in [0.5, 0.6) is 0 Å². The van der Waals surface area contributed by atoms with Crippen molar-refractivity contribution < 1.29 is 19.8 Å². The summed E-state index contributed by atoms with van der Waals surface area (Å²) >= 11 is 0. The van der Waals surface area contributed by atoms with Crippen LogP contribution >= 0.6 is 0 Å². The largest absolute Gasteiger partial charge is 0.474 e. The molecule has 5 nitrogen and oxygen atoms in total. The van der Waals surface area contributed by atoms with Crippen molar-refractivity contribution in [1.82, 2.24) is 4.90 Å². The molecule has 0 aliphatic carbocycles. The Labute approximate surface area is 82.3 Å². The van der Waals surface area contributed by atoms with E-state index in [1.165, 1.54) is 4.90 Å². The van der Waals surface area contributed by atoms with Crippen LogP contribution in [0.1, 0.15) is 26.2 Å². The van der Waals surface area contributed by atoms with Crippen LogP contribution in [0.2, 0.25) is 0 Å². The minimum atomic E-state index is -1.42. The third kappa shape index (κ3) is 2.70. The zero-order valence-corrected chi connectivity index (χ0v) is 8.19. The smallest absolute Gasteiger partial charge is 0.394 e. The molecule has 1 amide bonds. The summed E-state index contributed by atoms with van der Waals surface area (Å²) in [6.45, 7) is 2.45. The highest BCUT2D eigenvalue weighted by Gasteiger charge is 2.29. The van der Waals surface area contributed by atoms with E-state index in [-0.39, 0.29) is 0 Å². The van der Waals surface area contributed by atoms with Gasteiger partial charge in [-0.05, 0) is 26.2 Å². The number of aliphatic carboxylic acids is 1. The minimum absolute atomic E-state index is 0.318. The Morgan fingerprint density at radius 2 is 1.93 bits per heavy atom. The van der Waals surface area contributed by atoms with Crippen LogP contribution in [0.4, 0.5) is 0 Å². The van der Waals surface area contributed by atoms with Crippen molar-refractivity contribution in [3.8, 4) is 0 Å². The molecule has 2 N–H and O–H groups in total. The topological polar surface area (TPSA) is 77.8 Å². The van der Waals surface area contributed by atoms with Gasteiger partial charge in [-0.25, -0.2) is 4.79 Å². The molecule has 0 radical (unpaired) electrons. The first-order valence-corrected chi connectivity index (χ1v) is 4.67. The zero-order chi connectivity index (χ0) is 10.8. The molecule has 1 heterocycles. The number of amides is 1. The molecule has 14 heavy (non-hydrogen) atoms. The van der Waals surface area contributed by atoms with Crippen LogP contribution in [0.15, 0.2) is 0 Å². The van der Waals surface area contributed by atoms with Crippen molar-refractivity contribution in [2.45, 2.75) is 31.8 Å². The van der Waals surface area contributed by atoms with Gasteiger partial charge in [0.05, 0.1) is 5.60 Å². The molecular weight excluding hydrogens is 186 g/mol. The quantitative estimate of drug-likeness (QED) is 0.533. The van der Waals surface area contributed by atoms with Gasteiger partial charge in [0.25, 0.3) is 0 Å². The lowest BCUT2D eigenvalue weighted by atomic mass is 9.98. The molecule has 0 spiro atoms. The Kier molecular flexibility index (Phi) is 3.10. The summed E-state index contributed by atoms with van der Waals surface area (Å²) in [5.41, 5.74) is -0.770. The van der Waals surface area contributed by atoms with Crippen LogP contribution in [-0.4, -0.2) is 45.7 Å². The minimum Gasteiger partial charge on any atom is -0.474 e. The van der Waals surface area contributed by atoms with Crippen LogP contribution in [-0.2, 0) is 9.59 Å². The molecule has 1 aliphatic rings. The second-order valence-corrected chi connectivity index (χ2v) is 3.95. The molecule has 5 heteroatoms. The van der Waals surface area contributed by atoms with Gasteiger partial charge < -0.3 is 15.1 Å². The van der Waals surface area contributed by atoms with E-state index in [1.54, 1.807) is 6.92 Å². The summed E-state index contributed by atoms with van der Waals surface area (Å²) in [7, 11) is 0. The second-order valence-electron chi connectivity index (χ2n) is 3.95. The third-order valence-electron chi connectivity index (χ3n) is 2.53. The lowest BCUT2D eigenvalue weighted by molar-refractivity contribution is -0.155. The van der Waals surface area contributed by atoms with Crippen molar-refractivity contribution in [2.75, 3.05) is 13.1 Å². The van der Waals surface area contributed by atoms with Crippen LogP contribution in [0.3, 0.4) is 0 Å². The highest BCUT2D eigenvalue weighted by Crippen LogP contribution is 2.21. The van der Waals surface area contributed by atoms with Crippen LogP contribution in [0, 0.1) is 0 Å². The number of hydrogen-bond donors (Lipinski definition) is 2. The molecular formula is C9H15NO4. The van der Waals surface area contributed by atoms with Gasteiger partial charge in [0.2, 0.25) is 0 Å². The summed E-state index contributed by atoms with van der Waals surface area (Å²) in [6.07, 6.45) is 1.69. The highest BCUT2D eigenvalue weighted by molar-refractivity contribution is 6.31. The maximum atomic E-state index is 11.1. The van der Waals surface area contributed by atoms with Crippen molar-refractivity contribution in [2.24, 2.45) is 0 Å². The maximum absolute atomic E-state index is 11.1. The average Bonchev–Trinajstić information content (AvgIpc) is 2.25. The van der Waals surface area contributed by atoms with E-state index < -0.39 is 17.5 Å². The standard InChI is InChI=1S/C9H15NO4/c1-9(14)3-2-5-10(6-4-9)7(11)8(12)13/h14H,2-6H2,1H3,(H,12,13). The first kappa shape index (κ1) is 11.0. The molecule has 0 aromatic heterocycles. The van der Waals surface area contributed by atoms with Crippen LogP contribution in [0.25, 0.3) is 0 Å². The number of rotatable bonds is 0. The molecule has 1 fully saturated rings. The first-order valence-electron chi connectivity index (χ1n) is 4.67. The van der Waals surface area contributed by atoms with E-state index >= 15 is 0 Å². The number of aliphatic hydroxyl groups is 1. The molecule has 1 aliphatic heterocycles. The van der Waals surface area contributed by atoms with E-state index in [0.717, 1.165) is 0 Å². The van der Waals surface area contributed by atoms with Gasteiger partial charge in [0.15, 0.2) is 0 Å². The number of carbonyl (C=O) groups is 2. The van der Waals surface area contributed by atoms with E-state index in [0.29, 0.717) is 32.4 Å². The zero-order valence-electron chi connectivity index (χ0n) is 8.19. The maximum Gasteiger partial charge on any atom is 0.394 e. The normalized spacial score (nSPS) is 28.3. The van der Waals surface area contributed by atoms with Crippen molar-refractivity contribution in [3.63, 3.8) is 0 Å². The Hall–Kier alpha value is -1.10. The van der Waals surface area contributed by atoms with Gasteiger partial charge >= 0.3 is 11.9 Å². The van der Waals surface area contributed by atoms with E-state index in [9.17, 15) is 14.7 Å². The van der Waals surface area contributed by atoms with E-state index in [2.05, 4.69) is 0 Å². The summed E-state index contributed by atoms with van der Waals surface area (Å²) in [5, 5.41) is 18.2. The highest BCUT2D eigenvalue weighted by atomic mass is 16.4. The van der Waals surface area contributed by atoms with Crippen LogP contribution < -0.4 is 0 Å². The summed E-state index contributed by atoms with van der Waals surface area (Å²) in [4.78, 5) is 22.8. The Morgan fingerprint density at radius 1 is 1.29 bits per heavy atom. The number of carboxylic acid groups (broad SMARTS) is 1. The van der Waals surface area contributed by atoms with Crippen molar-refractivity contribution >= 4 is 11.9 Å². The molecule has 0 aromatic rings. The van der Waals surface area contributed by atoms with Gasteiger partial charge in [0.1, 0.15) is 0 Å². The second kappa shape index (κ2) is 3.96. The monoisotopic (exact) mass is 201 g/mol. The lowest BCUT2D eigenvalue weighted by Gasteiger charge is -2.21. The van der Waals surface area contributed by atoms with Gasteiger partial charge in [-0.1, -0.05) is 0 Å². The number of carbonyl (C=O) groups excluding carboxylic acids is 1. The van der Waals surface area contributed by atoms with E-state index in [4.69, 9.17) is 5.11 Å². The number of carboxylic acids is 1. The van der Waals surface area contributed by atoms with Gasteiger partial charge in [-0.15, -0.1) is 0 Å². The Bertz CT molecular complexity index is 249.